The number of carbonyl (C=O) groups excluding carboxylic acids is 1. The molecule has 0 aliphatic heterocycles. The summed E-state index contributed by atoms with van der Waals surface area (Å²) in [5.41, 5.74) is 2.50. The number of hydrogen-bond donors (Lipinski definition) is 2. The third-order valence-electron chi connectivity index (χ3n) is 5.15. The zero-order valence-corrected chi connectivity index (χ0v) is 18.4. The van der Waals surface area contributed by atoms with Crippen LogP contribution in [-0.4, -0.2) is 19.3 Å². The average molecular weight is 442 g/mol. The van der Waals surface area contributed by atoms with Crippen LogP contribution in [0.3, 0.4) is 0 Å². The summed E-state index contributed by atoms with van der Waals surface area (Å²) in [7, 11) is -3.81. The molecule has 0 saturated carbocycles. The number of rotatable bonds is 5. The van der Waals surface area contributed by atoms with Crippen molar-refractivity contribution < 1.29 is 13.2 Å². The molecule has 1 aliphatic rings. The Labute approximate surface area is 180 Å². The molecule has 2 aromatic carbocycles. The standard InChI is InChI=1S/C22H23N3O3S2/c1-14-7-10-16(11-8-14)30(27,28)25-18-6-4-3-5-17(18)21(26)24-22-23-19-12-9-15(2)13-20(19)29-22/h3-8,10-11,15,25H,9,12-13H2,1-2H3,(H,23,24,26). The minimum atomic E-state index is -3.81. The third-order valence-corrected chi connectivity index (χ3v) is 7.57. The van der Waals surface area contributed by atoms with E-state index in [4.69, 9.17) is 0 Å². The van der Waals surface area contributed by atoms with Crippen LogP contribution in [0.4, 0.5) is 10.8 Å². The summed E-state index contributed by atoms with van der Waals surface area (Å²) < 4.78 is 28.1. The van der Waals surface area contributed by atoms with E-state index in [1.165, 1.54) is 16.2 Å². The number of para-hydroxylation sites is 1. The highest BCUT2D eigenvalue weighted by Gasteiger charge is 2.22. The maximum Gasteiger partial charge on any atom is 0.261 e. The van der Waals surface area contributed by atoms with Crippen LogP contribution in [0.15, 0.2) is 53.4 Å². The van der Waals surface area contributed by atoms with Gasteiger partial charge in [-0.05, 0) is 56.4 Å². The molecule has 4 rings (SSSR count). The van der Waals surface area contributed by atoms with E-state index < -0.39 is 15.9 Å². The normalized spacial score (nSPS) is 16.0. The van der Waals surface area contributed by atoms with E-state index in [2.05, 4.69) is 21.9 Å². The van der Waals surface area contributed by atoms with Gasteiger partial charge in [0.15, 0.2) is 5.13 Å². The molecule has 0 fully saturated rings. The molecule has 1 amide bonds. The molecule has 1 aliphatic carbocycles. The monoisotopic (exact) mass is 441 g/mol. The van der Waals surface area contributed by atoms with Crippen LogP contribution < -0.4 is 10.0 Å². The maximum atomic E-state index is 12.9. The topological polar surface area (TPSA) is 88.2 Å². The highest BCUT2D eigenvalue weighted by molar-refractivity contribution is 7.92. The van der Waals surface area contributed by atoms with Crippen molar-refractivity contribution in [1.82, 2.24) is 4.98 Å². The van der Waals surface area contributed by atoms with Crippen molar-refractivity contribution in [1.29, 1.82) is 0 Å². The van der Waals surface area contributed by atoms with Gasteiger partial charge in [0.25, 0.3) is 15.9 Å². The lowest BCUT2D eigenvalue weighted by Crippen LogP contribution is -2.18. The third kappa shape index (κ3) is 4.39. The van der Waals surface area contributed by atoms with Crippen LogP contribution in [0.2, 0.25) is 0 Å². The number of aromatic nitrogens is 1. The number of thiazole rings is 1. The molecular formula is C22H23N3O3S2. The van der Waals surface area contributed by atoms with Gasteiger partial charge in [-0.1, -0.05) is 36.8 Å². The zero-order chi connectivity index (χ0) is 21.3. The smallest absolute Gasteiger partial charge is 0.261 e. The Morgan fingerprint density at radius 3 is 2.63 bits per heavy atom. The van der Waals surface area contributed by atoms with Gasteiger partial charge in [-0.3, -0.25) is 14.8 Å². The summed E-state index contributed by atoms with van der Waals surface area (Å²) in [6, 6.07) is 13.1. The van der Waals surface area contributed by atoms with E-state index in [-0.39, 0.29) is 16.1 Å². The molecule has 30 heavy (non-hydrogen) atoms. The van der Waals surface area contributed by atoms with Crippen molar-refractivity contribution in [2.45, 2.75) is 38.0 Å². The lowest BCUT2D eigenvalue weighted by molar-refractivity contribution is 0.102. The summed E-state index contributed by atoms with van der Waals surface area (Å²) in [5, 5.41) is 3.39. The number of nitrogens with zero attached hydrogens (tertiary/aromatic N) is 1. The summed E-state index contributed by atoms with van der Waals surface area (Å²) in [6.07, 6.45) is 3.01. The molecule has 0 saturated heterocycles. The Hall–Kier alpha value is -2.71. The molecule has 3 aromatic rings. The molecule has 1 aromatic heterocycles. The van der Waals surface area contributed by atoms with E-state index in [1.807, 2.05) is 6.92 Å². The Kier molecular flexibility index (Phi) is 5.62. The van der Waals surface area contributed by atoms with Crippen LogP contribution in [0.25, 0.3) is 0 Å². The molecule has 2 N–H and O–H groups in total. The number of nitrogens with one attached hydrogen (secondary N) is 2. The van der Waals surface area contributed by atoms with Crippen LogP contribution in [0, 0.1) is 12.8 Å². The minimum absolute atomic E-state index is 0.144. The molecule has 6 nitrogen and oxygen atoms in total. The number of sulfonamides is 1. The number of fused-ring (bicyclic) bond motifs is 1. The first-order valence-electron chi connectivity index (χ1n) is 9.80. The van der Waals surface area contributed by atoms with E-state index in [0.717, 1.165) is 30.5 Å². The summed E-state index contributed by atoms with van der Waals surface area (Å²) in [4.78, 5) is 18.8. The number of hydrogen-bond acceptors (Lipinski definition) is 5. The first-order valence-corrected chi connectivity index (χ1v) is 12.1. The van der Waals surface area contributed by atoms with Crippen LogP contribution in [-0.2, 0) is 22.9 Å². The molecule has 0 bridgehead atoms. The number of aryl methyl sites for hydroxylation is 2. The van der Waals surface area contributed by atoms with Crippen molar-refractivity contribution in [3.63, 3.8) is 0 Å². The molecule has 0 radical (unpaired) electrons. The number of carbonyl (C=O) groups is 1. The summed E-state index contributed by atoms with van der Waals surface area (Å²) in [6.45, 7) is 4.11. The second kappa shape index (κ2) is 8.20. The van der Waals surface area contributed by atoms with Crippen LogP contribution >= 0.6 is 11.3 Å². The van der Waals surface area contributed by atoms with Gasteiger partial charge in [-0.15, -0.1) is 11.3 Å². The van der Waals surface area contributed by atoms with Crippen molar-refractivity contribution in [2.75, 3.05) is 10.0 Å². The largest absolute Gasteiger partial charge is 0.298 e. The molecule has 0 spiro atoms. The Bertz CT molecular complexity index is 1180. The summed E-state index contributed by atoms with van der Waals surface area (Å²) >= 11 is 1.50. The van der Waals surface area contributed by atoms with Gasteiger partial charge < -0.3 is 0 Å². The van der Waals surface area contributed by atoms with E-state index in [9.17, 15) is 13.2 Å². The second-order valence-electron chi connectivity index (χ2n) is 7.66. The SMILES string of the molecule is Cc1ccc(S(=O)(=O)Nc2ccccc2C(=O)Nc2nc3c(s2)CC(C)CC3)cc1. The molecule has 156 valence electrons. The first-order chi connectivity index (χ1) is 14.3. The highest BCUT2D eigenvalue weighted by Crippen LogP contribution is 2.32. The Morgan fingerprint density at radius 1 is 1.13 bits per heavy atom. The fourth-order valence-electron chi connectivity index (χ4n) is 3.45. The predicted molar refractivity (Wildman–Crippen MR) is 120 cm³/mol. The Balaban J connectivity index is 1.56. The minimum Gasteiger partial charge on any atom is -0.298 e. The number of amides is 1. The number of anilines is 2. The van der Waals surface area contributed by atoms with Crippen LogP contribution in [0.1, 0.15) is 39.8 Å². The molecule has 1 unspecified atom stereocenters. The van der Waals surface area contributed by atoms with Gasteiger partial charge in [0.1, 0.15) is 0 Å². The number of benzene rings is 2. The second-order valence-corrected chi connectivity index (χ2v) is 10.4. The van der Waals surface area contributed by atoms with Gasteiger partial charge in [-0.2, -0.15) is 0 Å². The molecular weight excluding hydrogens is 418 g/mol. The van der Waals surface area contributed by atoms with Gasteiger partial charge in [0.05, 0.1) is 21.8 Å². The zero-order valence-electron chi connectivity index (χ0n) is 16.8. The van der Waals surface area contributed by atoms with Gasteiger partial charge >= 0.3 is 0 Å². The fourth-order valence-corrected chi connectivity index (χ4v) is 5.70. The lowest BCUT2D eigenvalue weighted by atomic mass is 9.93. The van der Waals surface area contributed by atoms with E-state index >= 15 is 0 Å². The molecule has 1 atom stereocenters. The van der Waals surface area contributed by atoms with Crippen LogP contribution in [0.5, 0.6) is 0 Å². The van der Waals surface area contributed by atoms with E-state index in [0.29, 0.717) is 11.0 Å². The van der Waals surface area contributed by atoms with Crippen molar-refractivity contribution in [3.05, 3.63) is 70.2 Å². The predicted octanol–water partition coefficient (Wildman–Crippen LogP) is 4.63. The van der Waals surface area contributed by atoms with Crippen molar-refractivity contribution >= 4 is 38.1 Å². The van der Waals surface area contributed by atoms with Gasteiger partial charge in [0.2, 0.25) is 0 Å². The molecule has 8 heteroatoms. The summed E-state index contributed by atoms with van der Waals surface area (Å²) in [5.74, 6) is 0.231. The quantitative estimate of drug-likeness (QED) is 0.604. The van der Waals surface area contributed by atoms with Gasteiger partial charge in [0, 0.05) is 4.88 Å². The first kappa shape index (κ1) is 20.6. The lowest BCUT2D eigenvalue weighted by Gasteiger charge is -2.15. The maximum absolute atomic E-state index is 12.9. The van der Waals surface area contributed by atoms with Crippen molar-refractivity contribution in [2.24, 2.45) is 5.92 Å². The van der Waals surface area contributed by atoms with E-state index in [1.54, 1.807) is 48.5 Å². The molecule has 1 heterocycles. The van der Waals surface area contributed by atoms with Crippen molar-refractivity contribution in [3.8, 4) is 0 Å². The fraction of sp³-hybridized carbons (Fsp3) is 0.273. The Morgan fingerprint density at radius 2 is 1.87 bits per heavy atom. The van der Waals surface area contributed by atoms with Gasteiger partial charge in [-0.25, -0.2) is 13.4 Å². The average Bonchev–Trinajstić information content (AvgIpc) is 3.09. The highest BCUT2D eigenvalue weighted by atomic mass is 32.2.